The number of thiophene rings is 1. The van der Waals surface area contributed by atoms with Crippen LogP contribution in [0.15, 0.2) is 83.4 Å². The van der Waals surface area contributed by atoms with E-state index in [9.17, 15) is 19.6 Å². The first-order chi connectivity index (χ1) is 23.3. The Labute approximate surface area is 305 Å². The van der Waals surface area contributed by atoms with Gasteiger partial charge in [-0.1, -0.05) is 74.3 Å². The van der Waals surface area contributed by atoms with E-state index in [4.69, 9.17) is 23.2 Å². The molecule has 11 heteroatoms. The van der Waals surface area contributed by atoms with Gasteiger partial charge in [0.15, 0.2) is 0 Å². The summed E-state index contributed by atoms with van der Waals surface area (Å²) in [4.78, 5) is 41.9. The zero-order valence-electron chi connectivity index (χ0n) is 27.5. The standard InChI is InChI=1S/C38H36Cl2N4O3S2/c1-22(34(45)44-37-29(21-41)27-17-16-24(38(2,3)4)18-33(27)49-37)48-26-13-8-12-25(19-26)42-36(47)32(20-28-30(39)14-9-15-31(28)40)43-35(46)23-10-6-5-7-11-23/h5-15,19-20,22,24H,16-18H2,1-4H3,(H,42,47)(H,43,46)(H,44,45)/b32-20+. The van der Waals surface area contributed by atoms with E-state index in [2.05, 4.69) is 42.8 Å². The van der Waals surface area contributed by atoms with Crippen molar-refractivity contribution in [3.8, 4) is 6.07 Å². The van der Waals surface area contributed by atoms with Crippen LogP contribution in [0.4, 0.5) is 10.7 Å². The molecule has 1 aromatic heterocycles. The smallest absolute Gasteiger partial charge is 0.272 e. The zero-order valence-corrected chi connectivity index (χ0v) is 30.7. The van der Waals surface area contributed by atoms with Gasteiger partial charge in [-0.05, 0) is 91.6 Å². The van der Waals surface area contributed by atoms with E-state index in [0.29, 0.717) is 43.3 Å². The van der Waals surface area contributed by atoms with Crippen LogP contribution in [-0.2, 0) is 22.4 Å². The molecular formula is C38H36Cl2N4O3S2. The first kappa shape index (κ1) is 36.2. The van der Waals surface area contributed by atoms with E-state index in [1.54, 1.807) is 73.7 Å². The Bertz CT molecular complexity index is 1940. The van der Waals surface area contributed by atoms with Gasteiger partial charge in [-0.25, -0.2) is 0 Å². The molecule has 2 unspecified atom stereocenters. The van der Waals surface area contributed by atoms with Crippen molar-refractivity contribution < 1.29 is 14.4 Å². The molecule has 1 aliphatic rings. The van der Waals surface area contributed by atoms with Gasteiger partial charge >= 0.3 is 0 Å². The van der Waals surface area contributed by atoms with Crippen molar-refractivity contribution in [2.24, 2.45) is 11.3 Å². The van der Waals surface area contributed by atoms with Crippen LogP contribution in [0.2, 0.25) is 10.0 Å². The number of halogens is 2. The summed E-state index contributed by atoms with van der Waals surface area (Å²) in [6, 6.07) is 22.9. The van der Waals surface area contributed by atoms with Crippen molar-refractivity contribution in [3.63, 3.8) is 0 Å². The van der Waals surface area contributed by atoms with Gasteiger partial charge in [-0.15, -0.1) is 23.1 Å². The number of nitriles is 1. The molecule has 49 heavy (non-hydrogen) atoms. The lowest BCUT2D eigenvalue weighted by Gasteiger charge is -2.33. The normalized spacial score (nSPS) is 15.0. The maximum Gasteiger partial charge on any atom is 0.272 e. The summed E-state index contributed by atoms with van der Waals surface area (Å²) in [5.41, 5.74) is 2.97. The summed E-state index contributed by atoms with van der Waals surface area (Å²) in [5.74, 6) is -0.758. The molecule has 0 spiro atoms. The number of amides is 3. The fraction of sp³-hybridized carbons (Fsp3) is 0.263. The summed E-state index contributed by atoms with van der Waals surface area (Å²) in [6.07, 6.45) is 4.22. The van der Waals surface area contributed by atoms with E-state index in [1.807, 2.05) is 6.07 Å². The Morgan fingerprint density at radius 1 is 1.00 bits per heavy atom. The van der Waals surface area contributed by atoms with E-state index in [1.165, 1.54) is 34.1 Å². The molecule has 3 N–H and O–H groups in total. The molecule has 252 valence electrons. The molecule has 0 saturated carbocycles. The van der Waals surface area contributed by atoms with Crippen molar-refractivity contribution in [2.45, 2.75) is 57.1 Å². The van der Waals surface area contributed by atoms with Gasteiger partial charge in [-0.2, -0.15) is 5.26 Å². The molecule has 0 bridgehead atoms. The fourth-order valence-corrected chi connectivity index (χ4v) is 8.30. The quantitative estimate of drug-likeness (QED) is 0.117. The highest BCUT2D eigenvalue weighted by atomic mass is 35.5. The van der Waals surface area contributed by atoms with Gasteiger partial charge in [0.05, 0.1) is 10.8 Å². The lowest BCUT2D eigenvalue weighted by Crippen LogP contribution is -2.30. The van der Waals surface area contributed by atoms with Gasteiger partial charge in [0.25, 0.3) is 11.8 Å². The average molecular weight is 732 g/mol. The predicted molar refractivity (Wildman–Crippen MR) is 201 cm³/mol. The molecule has 0 saturated heterocycles. The number of nitrogens with zero attached hydrogens (tertiary/aromatic N) is 1. The number of carbonyl (C=O) groups is 3. The number of nitrogens with one attached hydrogen (secondary N) is 3. The molecule has 5 rings (SSSR count). The van der Waals surface area contributed by atoms with Crippen LogP contribution in [-0.4, -0.2) is 23.0 Å². The van der Waals surface area contributed by atoms with E-state index in [-0.39, 0.29) is 17.0 Å². The molecule has 0 radical (unpaired) electrons. The van der Waals surface area contributed by atoms with Crippen LogP contribution in [0.1, 0.15) is 66.0 Å². The second kappa shape index (κ2) is 15.6. The van der Waals surface area contributed by atoms with E-state index in [0.717, 1.165) is 29.7 Å². The highest BCUT2D eigenvalue weighted by Crippen LogP contribution is 2.44. The topological polar surface area (TPSA) is 111 Å². The molecule has 1 heterocycles. The van der Waals surface area contributed by atoms with Gasteiger partial charge in [0.2, 0.25) is 5.91 Å². The third-order valence-corrected chi connectivity index (χ3v) is 11.4. The van der Waals surface area contributed by atoms with Crippen LogP contribution >= 0.6 is 46.3 Å². The molecule has 1 aliphatic carbocycles. The highest BCUT2D eigenvalue weighted by Gasteiger charge is 2.32. The molecular weight excluding hydrogens is 695 g/mol. The van der Waals surface area contributed by atoms with Gasteiger partial charge in [0.1, 0.15) is 16.8 Å². The fourth-order valence-electron chi connectivity index (χ4n) is 5.58. The average Bonchev–Trinajstić information content (AvgIpc) is 3.42. The van der Waals surface area contributed by atoms with Crippen molar-refractivity contribution in [1.82, 2.24) is 5.32 Å². The lowest BCUT2D eigenvalue weighted by atomic mass is 9.72. The van der Waals surface area contributed by atoms with Crippen molar-refractivity contribution in [2.75, 3.05) is 10.6 Å². The van der Waals surface area contributed by atoms with Crippen molar-refractivity contribution >= 4 is 80.8 Å². The van der Waals surface area contributed by atoms with Crippen LogP contribution in [0.3, 0.4) is 0 Å². The molecule has 0 aliphatic heterocycles. The molecule has 7 nitrogen and oxygen atoms in total. The SMILES string of the molecule is CC(Sc1cccc(NC(=O)/C(=C\c2c(Cl)cccc2Cl)NC(=O)c2ccccc2)c1)C(=O)Nc1sc2c(c1C#N)CCC(C(C)(C)C)C2. The van der Waals surface area contributed by atoms with Crippen molar-refractivity contribution in [3.05, 3.63) is 116 Å². The molecule has 3 aromatic carbocycles. The van der Waals surface area contributed by atoms with Crippen LogP contribution in [0.25, 0.3) is 6.08 Å². The van der Waals surface area contributed by atoms with E-state index >= 15 is 0 Å². The minimum absolute atomic E-state index is 0.0598. The summed E-state index contributed by atoms with van der Waals surface area (Å²) >= 11 is 15.6. The van der Waals surface area contributed by atoms with Crippen LogP contribution in [0.5, 0.6) is 0 Å². The first-order valence-corrected chi connectivity index (χ1v) is 18.2. The largest absolute Gasteiger partial charge is 0.321 e. The number of rotatable bonds is 9. The van der Waals surface area contributed by atoms with Crippen LogP contribution in [0, 0.1) is 22.7 Å². The third-order valence-electron chi connectivity index (χ3n) is 8.43. The summed E-state index contributed by atoms with van der Waals surface area (Å²) < 4.78 is 0. The minimum atomic E-state index is -0.590. The Morgan fingerprint density at radius 2 is 1.69 bits per heavy atom. The molecule has 2 atom stereocenters. The third kappa shape index (κ3) is 8.94. The van der Waals surface area contributed by atoms with Gasteiger partial charge < -0.3 is 16.0 Å². The monoisotopic (exact) mass is 730 g/mol. The summed E-state index contributed by atoms with van der Waals surface area (Å²) in [6.45, 7) is 8.55. The predicted octanol–water partition coefficient (Wildman–Crippen LogP) is 9.61. The number of anilines is 2. The number of fused-ring (bicyclic) bond motifs is 1. The second-order valence-corrected chi connectivity index (χ2v) is 16.2. The Balaban J connectivity index is 1.29. The van der Waals surface area contributed by atoms with Crippen molar-refractivity contribution in [1.29, 1.82) is 5.26 Å². The maximum absolute atomic E-state index is 13.6. The molecule has 0 fully saturated rings. The number of thioether (sulfide) groups is 1. The maximum atomic E-state index is 13.6. The highest BCUT2D eigenvalue weighted by molar-refractivity contribution is 8.00. The molecule has 3 amide bonds. The Morgan fingerprint density at radius 3 is 2.37 bits per heavy atom. The Kier molecular flexibility index (Phi) is 11.6. The number of benzene rings is 3. The van der Waals surface area contributed by atoms with E-state index < -0.39 is 17.1 Å². The summed E-state index contributed by atoms with van der Waals surface area (Å²) in [5, 5.41) is 19.2. The van der Waals surface area contributed by atoms with Gasteiger partial charge in [0, 0.05) is 36.6 Å². The second-order valence-electron chi connectivity index (χ2n) is 12.9. The lowest BCUT2D eigenvalue weighted by molar-refractivity contribution is -0.115. The minimum Gasteiger partial charge on any atom is -0.321 e. The molecule has 4 aromatic rings. The van der Waals surface area contributed by atoms with Gasteiger partial charge in [-0.3, -0.25) is 14.4 Å². The summed E-state index contributed by atoms with van der Waals surface area (Å²) in [7, 11) is 0. The number of carbonyl (C=O) groups excluding carboxylic acids is 3. The number of hydrogen-bond acceptors (Lipinski definition) is 6. The first-order valence-electron chi connectivity index (χ1n) is 15.8. The Hall–Kier alpha value is -4.07. The number of hydrogen-bond donors (Lipinski definition) is 3. The zero-order chi connectivity index (χ0) is 35.3. The van der Waals surface area contributed by atoms with Crippen LogP contribution < -0.4 is 16.0 Å².